The van der Waals surface area contributed by atoms with Crippen LogP contribution < -0.4 is 5.32 Å². The van der Waals surface area contributed by atoms with E-state index in [1.807, 2.05) is 0 Å². The number of carbonyl (C=O) groups excluding carboxylic acids is 1. The van der Waals surface area contributed by atoms with Gasteiger partial charge in [-0.15, -0.1) is 0 Å². The van der Waals surface area contributed by atoms with Crippen molar-refractivity contribution in [3.63, 3.8) is 0 Å². The number of nitrogens with one attached hydrogen (secondary N) is 1. The lowest BCUT2D eigenvalue weighted by Crippen LogP contribution is -2.37. The summed E-state index contributed by atoms with van der Waals surface area (Å²) in [6, 6.07) is 0. The molecule has 1 amide bonds. The van der Waals surface area contributed by atoms with Gasteiger partial charge < -0.3 is 15.3 Å². The predicted octanol–water partition coefficient (Wildman–Crippen LogP) is 5.39. The smallest absolute Gasteiger partial charge is 0.221 e. The van der Waals surface area contributed by atoms with E-state index in [1.165, 1.54) is 83.5 Å². The predicted molar refractivity (Wildman–Crippen MR) is 115 cm³/mol. The van der Waals surface area contributed by atoms with E-state index in [9.17, 15) is 9.90 Å². The molecule has 0 radical (unpaired) electrons. The Kier molecular flexibility index (Phi) is 15.8. The van der Waals surface area contributed by atoms with Gasteiger partial charge in [-0.25, -0.2) is 0 Å². The molecular formula is C23H46N2O2. The van der Waals surface area contributed by atoms with Crippen LogP contribution >= 0.6 is 0 Å². The zero-order chi connectivity index (χ0) is 19.6. The van der Waals surface area contributed by atoms with Gasteiger partial charge in [-0.1, -0.05) is 84.0 Å². The summed E-state index contributed by atoms with van der Waals surface area (Å²) in [6.45, 7) is 5.44. The minimum absolute atomic E-state index is 0.00648. The molecule has 4 heteroatoms. The zero-order valence-electron chi connectivity index (χ0n) is 18.0. The molecule has 0 aromatic heterocycles. The first-order chi connectivity index (χ1) is 13.2. The SMILES string of the molecule is CCCCCCCCCCCCCCCC(=O)NC(O)CCN1CCCC1. The number of hydrogen-bond donors (Lipinski definition) is 2. The summed E-state index contributed by atoms with van der Waals surface area (Å²) in [5.74, 6) is 0.00648. The fourth-order valence-corrected chi connectivity index (χ4v) is 3.94. The molecule has 1 aliphatic rings. The minimum Gasteiger partial charge on any atom is -0.374 e. The summed E-state index contributed by atoms with van der Waals surface area (Å²) in [4.78, 5) is 14.2. The molecular weight excluding hydrogens is 336 g/mol. The normalized spacial score (nSPS) is 15.9. The molecule has 1 heterocycles. The minimum atomic E-state index is -0.680. The lowest BCUT2D eigenvalue weighted by molar-refractivity contribution is -0.124. The molecule has 160 valence electrons. The Bertz CT molecular complexity index is 343. The fourth-order valence-electron chi connectivity index (χ4n) is 3.94. The molecule has 0 saturated carbocycles. The van der Waals surface area contributed by atoms with E-state index in [4.69, 9.17) is 0 Å². The summed E-state index contributed by atoms with van der Waals surface area (Å²) < 4.78 is 0. The topological polar surface area (TPSA) is 52.6 Å². The van der Waals surface area contributed by atoms with E-state index >= 15 is 0 Å². The van der Waals surface area contributed by atoms with Crippen LogP contribution in [0.5, 0.6) is 0 Å². The largest absolute Gasteiger partial charge is 0.374 e. The first-order valence-electron chi connectivity index (χ1n) is 11.9. The van der Waals surface area contributed by atoms with Crippen molar-refractivity contribution in [3.05, 3.63) is 0 Å². The number of aliphatic hydroxyl groups is 1. The van der Waals surface area contributed by atoms with Crippen LogP contribution in [0.2, 0.25) is 0 Å². The van der Waals surface area contributed by atoms with E-state index in [1.54, 1.807) is 0 Å². The van der Waals surface area contributed by atoms with Gasteiger partial charge in [-0.2, -0.15) is 0 Å². The van der Waals surface area contributed by atoms with Gasteiger partial charge in [-0.3, -0.25) is 4.79 Å². The Morgan fingerprint density at radius 3 is 1.85 bits per heavy atom. The number of likely N-dealkylation sites (tertiary alicyclic amines) is 1. The van der Waals surface area contributed by atoms with Crippen LogP contribution in [-0.2, 0) is 4.79 Å². The van der Waals surface area contributed by atoms with E-state index in [0.717, 1.165) is 32.5 Å². The van der Waals surface area contributed by atoms with Crippen LogP contribution in [-0.4, -0.2) is 41.8 Å². The molecule has 1 atom stereocenters. The van der Waals surface area contributed by atoms with Crippen LogP contribution in [0.1, 0.15) is 116 Å². The zero-order valence-corrected chi connectivity index (χ0v) is 18.0. The van der Waals surface area contributed by atoms with Gasteiger partial charge in [0, 0.05) is 19.4 Å². The highest BCUT2D eigenvalue weighted by Crippen LogP contribution is 2.13. The molecule has 2 N–H and O–H groups in total. The first kappa shape index (κ1) is 24.4. The van der Waals surface area contributed by atoms with Crippen molar-refractivity contribution >= 4 is 5.91 Å². The summed E-state index contributed by atoms with van der Waals surface area (Å²) >= 11 is 0. The highest BCUT2D eigenvalue weighted by Gasteiger charge is 2.14. The van der Waals surface area contributed by atoms with E-state index in [0.29, 0.717) is 12.8 Å². The highest BCUT2D eigenvalue weighted by molar-refractivity contribution is 5.75. The van der Waals surface area contributed by atoms with Crippen molar-refractivity contribution in [2.24, 2.45) is 0 Å². The number of nitrogens with zero attached hydrogens (tertiary/aromatic N) is 1. The van der Waals surface area contributed by atoms with Gasteiger partial charge in [0.25, 0.3) is 0 Å². The van der Waals surface area contributed by atoms with Crippen molar-refractivity contribution < 1.29 is 9.90 Å². The average molecular weight is 383 g/mol. The standard InChI is InChI=1S/C23H46N2O2/c1-2-3-4-5-6-7-8-9-10-11-12-13-14-17-22(26)24-23(27)18-21-25-19-15-16-20-25/h23,27H,2-21H2,1H3,(H,24,26). The molecule has 1 aliphatic heterocycles. The highest BCUT2D eigenvalue weighted by atomic mass is 16.3. The monoisotopic (exact) mass is 382 g/mol. The van der Waals surface area contributed by atoms with Gasteiger partial charge in [0.1, 0.15) is 6.23 Å². The Morgan fingerprint density at radius 2 is 1.33 bits per heavy atom. The molecule has 1 saturated heterocycles. The molecule has 0 aromatic carbocycles. The molecule has 0 aliphatic carbocycles. The molecule has 27 heavy (non-hydrogen) atoms. The van der Waals surface area contributed by atoms with Crippen molar-refractivity contribution in [3.8, 4) is 0 Å². The Labute approximate surface area is 168 Å². The van der Waals surface area contributed by atoms with Crippen molar-refractivity contribution in [2.75, 3.05) is 19.6 Å². The van der Waals surface area contributed by atoms with E-state index < -0.39 is 6.23 Å². The Morgan fingerprint density at radius 1 is 0.852 bits per heavy atom. The quantitative estimate of drug-likeness (QED) is 0.247. The Hall–Kier alpha value is -0.610. The molecule has 4 nitrogen and oxygen atoms in total. The number of unbranched alkanes of at least 4 members (excludes halogenated alkanes) is 12. The molecule has 0 bridgehead atoms. The van der Waals surface area contributed by atoms with Crippen molar-refractivity contribution in [1.29, 1.82) is 0 Å². The van der Waals surface area contributed by atoms with Gasteiger partial charge in [0.2, 0.25) is 5.91 Å². The third kappa shape index (κ3) is 15.0. The van der Waals surface area contributed by atoms with Gasteiger partial charge in [0.05, 0.1) is 0 Å². The van der Waals surface area contributed by atoms with Gasteiger partial charge >= 0.3 is 0 Å². The second kappa shape index (κ2) is 17.5. The summed E-state index contributed by atoms with van der Waals surface area (Å²) in [7, 11) is 0. The lowest BCUT2D eigenvalue weighted by Gasteiger charge is -2.18. The Balaban J connectivity index is 1.79. The summed E-state index contributed by atoms with van der Waals surface area (Å²) in [6.07, 6.45) is 20.2. The lowest BCUT2D eigenvalue weighted by atomic mass is 10.0. The van der Waals surface area contributed by atoms with Crippen LogP contribution in [0.3, 0.4) is 0 Å². The second-order valence-corrected chi connectivity index (χ2v) is 8.41. The number of aliphatic hydroxyl groups excluding tert-OH is 1. The van der Waals surface area contributed by atoms with Gasteiger partial charge in [0.15, 0.2) is 0 Å². The maximum Gasteiger partial charge on any atom is 0.221 e. The second-order valence-electron chi connectivity index (χ2n) is 8.41. The van der Waals surface area contributed by atoms with Crippen LogP contribution in [0.4, 0.5) is 0 Å². The maximum atomic E-state index is 11.9. The summed E-state index contributed by atoms with van der Waals surface area (Å²) in [5, 5.41) is 12.7. The number of hydrogen-bond acceptors (Lipinski definition) is 3. The number of amides is 1. The third-order valence-corrected chi connectivity index (χ3v) is 5.75. The van der Waals surface area contributed by atoms with Crippen LogP contribution in [0, 0.1) is 0 Å². The van der Waals surface area contributed by atoms with E-state index in [2.05, 4.69) is 17.1 Å². The van der Waals surface area contributed by atoms with Crippen molar-refractivity contribution in [2.45, 2.75) is 122 Å². The van der Waals surface area contributed by atoms with Crippen LogP contribution in [0.25, 0.3) is 0 Å². The van der Waals surface area contributed by atoms with Gasteiger partial charge in [-0.05, 0) is 32.4 Å². The fraction of sp³-hybridized carbons (Fsp3) is 0.957. The molecule has 1 rings (SSSR count). The molecule has 1 unspecified atom stereocenters. The molecule has 0 spiro atoms. The summed E-state index contributed by atoms with van der Waals surface area (Å²) in [5.41, 5.74) is 0. The van der Waals surface area contributed by atoms with Crippen molar-refractivity contribution in [1.82, 2.24) is 10.2 Å². The van der Waals surface area contributed by atoms with Crippen LogP contribution in [0.15, 0.2) is 0 Å². The molecule has 0 aromatic rings. The molecule has 1 fully saturated rings. The number of rotatable bonds is 18. The maximum absolute atomic E-state index is 11.9. The van der Waals surface area contributed by atoms with E-state index in [-0.39, 0.29) is 5.91 Å². The third-order valence-electron chi connectivity index (χ3n) is 5.75. The first-order valence-corrected chi connectivity index (χ1v) is 11.9. The average Bonchev–Trinajstić information content (AvgIpc) is 3.17. The number of carbonyl (C=O) groups is 1.